The molecule has 0 rings (SSSR count). The molecule has 0 bridgehead atoms. The molecule has 0 saturated carbocycles. The van der Waals surface area contributed by atoms with Crippen LogP contribution in [0.15, 0.2) is 10.1 Å². The second-order valence-corrected chi connectivity index (χ2v) is 2.84. The first kappa shape index (κ1) is 8.69. The maximum atomic E-state index is 10.6. The average molecular weight is 193 g/mol. The van der Waals surface area contributed by atoms with E-state index in [-0.39, 0.29) is 5.97 Å². The number of esters is 1. The highest BCUT2D eigenvalue weighted by atomic mass is 79.9. The molecular weight excluding hydrogens is 184 g/mol. The van der Waals surface area contributed by atoms with E-state index < -0.39 is 0 Å². The van der Waals surface area contributed by atoms with Gasteiger partial charge in [-0.05, 0) is 13.8 Å². The van der Waals surface area contributed by atoms with Crippen molar-refractivity contribution in [3.05, 3.63) is 10.1 Å². The van der Waals surface area contributed by atoms with E-state index in [1.807, 2.05) is 0 Å². The summed E-state index contributed by atoms with van der Waals surface area (Å²) in [7, 11) is 1.36. The van der Waals surface area contributed by atoms with Crippen LogP contribution in [0, 0.1) is 0 Å². The van der Waals surface area contributed by atoms with Crippen LogP contribution in [0.4, 0.5) is 0 Å². The lowest BCUT2D eigenvalue weighted by Crippen LogP contribution is -2.01. The first-order chi connectivity index (χ1) is 4.09. The fourth-order valence-corrected chi connectivity index (χ4v) is 0.456. The van der Waals surface area contributed by atoms with Gasteiger partial charge in [-0.15, -0.1) is 0 Å². The fourth-order valence-electron chi connectivity index (χ4n) is 0.294. The summed E-state index contributed by atoms with van der Waals surface area (Å²) in [5.74, 6) is -0.288. The van der Waals surface area contributed by atoms with Crippen LogP contribution in [0.5, 0.6) is 0 Å². The van der Waals surface area contributed by atoms with Crippen molar-refractivity contribution in [2.24, 2.45) is 0 Å². The van der Waals surface area contributed by atoms with Crippen LogP contribution < -0.4 is 0 Å². The predicted octanol–water partition coefficient (Wildman–Crippen LogP) is 1.85. The standard InChI is InChI=1S/C6H9BrO2/c1-4(5(2)7)6(8)9-3/h1-3H3/b5-4+. The Morgan fingerprint density at radius 1 is 1.44 bits per heavy atom. The molecular formula is C6H9BrO2. The van der Waals surface area contributed by atoms with Gasteiger partial charge in [-0.3, -0.25) is 0 Å². The van der Waals surface area contributed by atoms with Gasteiger partial charge in [0, 0.05) is 10.1 Å². The molecule has 52 valence electrons. The van der Waals surface area contributed by atoms with Crippen molar-refractivity contribution in [3.63, 3.8) is 0 Å². The Labute approximate surface area is 63.0 Å². The summed E-state index contributed by atoms with van der Waals surface area (Å²) in [6.45, 7) is 3.50. The highest BCUT2D eigenvalue weighted by molar-refractivity contribution is 9.11. The minimum absolute atomic E-state index is 0.288. The zero-order valence-electron chi connectivity index (χ0n) is 5.69. The van der Waals surface area contributed by atoms with Crippen molar-refractivity contribution in [1.82, 2.24) is 0 Å². The molecule has 0 aliphatic rings. The summed E-state index contributed by atoms with van der Waals surface area (Å²) >= 11 is 3.16. The Morgan fingerprint density at radius 3 is 2.00 bits per heavy atom. The third-order valence-electron chi connectivity index (χ3n) is 1.01. The van der Waals surface area contributed by atoms with Gasteiger partial charge >= 0.3 is 5.97 Å². The maximum Gasteiger partial charge on any atom is 0.334 e. The van der Waals surface area contributed by atoms with Crippen LogP contribution in [0.2, 0.25) is 0 Å². The van der Waals surface area contributed by atoms with E-state index in [0.717, 1.165) is 4.48 Å². The molecule has 0 radical (unpaired) electrons. The number of halogens is 1. The molecule has 0 amide bonds. The van der Waals surface area contributed by atoms with Crippen molar-refractivity contribution >= 4 is 21.9 Å². The van der Waals surface area contributed by atoms with Crippen LogP contribution in [0.1, 0.15) is 13.8 Å². The van der Waals surface area contributed by atoms with Gasteiger partial charge in [0.2, 0.25) is 0 Å². The molecule has 0 saturated heterocycles. The molecule has 0 heterocycles. The summed E-state index contributed by atoms with van der Waals surface area (Å²) in [6.07, 6.45) is 0. The van der Waals surface area contributed by atoms with E-state index in [1.165, 1.54) is 7.11 Å². The monoisotopic (exact) mass is 192 g/mol. The molecule has 2 nitrogen and oxygen atoms in total. The summed E-state index contributed by atoms with van der Waals surface area (Å²) in [5, 5.41) is 0. The average Bonchev–Trinajstić information content (AvgIpc) is 1.84. The first-order valence-electron chi connectivity index (χ1n) is 2.51. The summed E-state index contributed by atoms with van der Waals surface area (Å²) in [5.41, 5.74) is 0.609. The van der Waals surface area contributed by atoms with E-state index >= 15 is 0 Å². The third-order valence-corrected chi connectivity index (χ3v) is 1.60. The smallest absolute Gasteiger partial charge is 0.334 e. The van der Waals surface area contributed by atoms with Crippen LogP contribution in [0.25, 0.3) is 0 Å². The molecule has 0 unspecified atom stereocenters. The normalized spacial score (nSPS) is 12.4. The molecule has 0 aromatic heterocycles. The van der Waals surface area contributed by atoms with Crippen LogP contribution in [0.3, 0.4) is 0 Å². The van der Waals surface area contributed by atoms with Gasteiger partial charge in [0.05, 0.1) is 7.11 Å². The quantitative estimate of drug-likeness (QED) is 0.469. The number of allylic oxidation sites excluding steroid dienone is 1. The molecule has 0 spiro atoms. The molecule has 3 heteroatoms. The van der Waals surface area contributed by atoms with Gasteiger partial charge in [-0.25, -0.2) is 4.79 Å². The van der Waals surface area contributed by atoms with E-state index in [2.05, 4.69) is 20.7 Å². The summed E-state index contributed by atoms with van der Waals surface area (Å²) < 4.78 is 5.26. The molecule has 0 fully saturated rings. The molecule has 0 aromatic rings. The Morgan fingerprint density at radius 2 is 1.89 bits per heavy atom. The van der Waals surface area contributed by atoms with E-state index in [4.69, 9.17) is 0 Å². The Balaban J connectivity index is 4.21. The van der Waals surface area contributed by atoms with Gasteiger partial charge in [0.25, 0.3) is 0 Å². The van der Waals surface area contributed by atoms with Crippen molar-refractivity contribution in [2.45, 2.75) is 13.8 Å². The SMILES string of the molecule is COC(=O)/C(C)=C(\C)Br. The number of methoxy groups -OCH3 is 1. The Hall–Kier alpha value is -0.310. The zero-order chi connectivity index (χ0) is 7.44. The number of hydrogen-bond donors (Lipinski definition) is 0. The Bertz CT molecular complexity index is 145. The number of carbonyl (C=O) groups excluding carboxylic acids is 1. The lowest BCUT2D eigenvalue weighted by Gasteiger charge is -1.97. The fraction of sp³-hybridized carbons (Fsp3) is 0.500. The van der Waals surface area contributed by atoms with Gasteiger partial charge in [-0.1, -0.05) is 15.9 Å². The topological polar surface area (TPSA) is 26.3 Å². The lowest BCUT2D eigenvalue weighted by atomic mass is 10.3. The molecule has 9 heavy (non-hydrogen) atoms. The number of carbonyl (C=O) groups is 1. The molecule has 0 aliphatic heterocycles. The van der Waals surface area contributed by atoms with E-state index in [1.54, 1.807) is 13.8 Å². The molecule has 0 aliphatic carbocycles. The highest BCUT2D eigenvalue weighted by Gasteiger charge is 2.03. The van der Waals surface area contributed by atoms with Gasteiger partial charge in [-0.2, -0.15) is 0 Å². The second-order valence-electron chi connectivity index (χ2n) is 1.65. The van der Waals surface area contributed by atoms with Crippen LogP contribution >= 0.6 is 15.9 Å². The van der Waals surface area contributed by atoms with Gasteiger partial charge in [0.15, 0.2) is 0 Å². The highest BCUT2D eigenvalue weighted by Crippen LogP contribution is 2.10. The van der Waals surface area contributed by atoms with Gasteiger partial charge < -0.3 is 4.74 Å². The first-order valence-corrected chi connectivity index (χ1v) is 3.30. The van der Waals surface area contributed by atoms with E-state index in [9.17, 15) is 4.79 Å². The Kier molecular flexibility index (Phi) is 3.54. The van der Waals surface area contributed by atoms with Crippen LogP contribution in [-0.2, 0) is 9.53 Å². The van der Waals surface area contributed by atoms with Gasteiger partial charge in [0.1, 0.15) is 0 Å². The van der Waals surface area contributed by atoms with E-state index in [0.29, 0.717) is 5.57 Å². The van der Waals surface area contributed by atoms with Crippen LogP contribution in [-0.4, -0.2) is 13.1 Å². The predicted molar refractivity (Wildman–Crippen MR) is 39.3 cm³/mol. The number of rotatable bonds is 1. The maximum absolute atomic E-state index is 10.6. The second kappa shape index (κ2) is 3.67. The lowest BCUT2D eigenvalue weighted by molar-refractivity contribution is -0.136. The minimum atomic E-state index is -0.288. The third kappa shape index (κ3) is 2.65. The molecule has 0 atom stereocenters. The largest absolute Gasteiger partial charge is 0.466 e. The molecule has 0 N–H and O–H groups in total. The summed E-state index contributed by atoms with van der Waals surface area (Å²) in [6, 6.07) is 0. The van der Waals surface area contributed by atoms with Crippen molar-refractivity contribution in [1.29, 1.82) is 0 Å². The van der Waals surface area contributed by atoms with Crippen molar-refractivity contribution in [2.75, 3.05) is 7.11 Å². The summed E-state index contributed by atoms with van der Waals surface area (Å²) in [4.78, 5) is 10.6. The number of hydrogen-bond acceptors (Lipinski definition) is 2. The minimum Gasteiger partial charge on any atom is -0.466 e. The van der Waals surface area contributed by atoms with Crippen molar-refractivity contribution in [3.8, 4) is 0 Å². The number of ether oxygens (including phenoxy) is 1. The molecule has 0 aromatic carbocycles. The van der Waals surface area contributed by atoms with Crippen molar-refractivity contribution < 1.29 is 9.53 Å². The zero-order valence-corrected chi connectivity index (χ0v) is 7.28.